The van der Waals surface area contributed by atoms with Gasteiger partial charge in [0, 0.05) is 0 Å². The number of hydrogen-bond donors (Lipinski definition) is 2. The molecule has 0 unspecified atom stereocenters. The standard InChI is InChI=1S/C8H16N2OS/c1-2-10-8(7(9)11)3-5-12-6-4-8/h10H,2-6H2,1H3,(H2,9,11). The highest BCUT2D eigenvalue weighted by Crippen LogP contribution is 2.26. The summed E-state index contributed by atoms with van der Waals surface area (Å²) < 4.78 is 0. The van der Waals surface area contributed by atoms with E-state index in [1.165, 1.54) is 0 Å². The number of hydrogen-bond acceptors (Lipinski definition) is 3. The molecule has 3 N–H and O–H groups in total. The zero-order chi connectivity index (χ0) is 9.03. The van der Waals surface area contributed by atoms with Crippen LogP contribution in [0.5, 0.6) is 0 Å². The number of primary amides is 1. The molecule has 70 valence electrons. The summed E-state index contributed by atoms with van der Waals surface area (Å²) in [7, 11) is 0. The lowest BCUT2D eigenvalue weighted by Gasteiger charge is -2.34. The summed E-state index contributed by atoms with van der Waals surface area (Å²) in [4.78, 5) is 11.2. The molecule has 0 aromatic heterocycles. The molecule has 12 heavy (non-hydrogen) atoms. The van der Waals surface area contributed by atoms with Gasteiger partial charge in [-0.1, -0.05) is 6.92 Å². The van der Waals surface area contributed by atoms with E-state index in [0.717, 1.165) is 30.9 Å². The quantitative estimate of drug-likeness (QED) is 0.672. The fourth-order valence-corrected chi connectivity index (χ4v) is 2.76. The van der Waals surface area contributed by atoms with Crippen molar-refractivity contribution in [3.05, 3.63) is 0 Å². The van der Waals surface area contributed by atoms with Gasteiger partial charge in [0.2, 0.25) is 5.91 Å². The van der Waals surface area contributed by atoms with Gasteiger partial charge in [-0.25, -0.2) is 0 Å². The fraction of sp³-hybridized carbons (Fsp3) is 0.875. The number of carbonyl (C=O) groups is 1. The van der Waals surface area contributed by atoms with Gasteiger partial charge in [-0.15, -0.1) is 0 Å². The van der Waals surface area contributed by atoms with Gasteiger partial charge < -0.3 is 11.1 Å². The highest BCUT2D eigenvalue weighted by atomic mass is 32.2. The van der Waals surface area contributed by atoms with E-state index < -0.39 is 5.54 Å². The number of nitrogens with one attached hydrogen (secondary N) is 1. The smallest absolute Gasteiger partial charge is 0.237 e. The molecule has 0 radical (unpaired) electrons. The van der Waals surface area contributed by atoms with Crippen LogP contribution >= 0.6 is 11.8 Å². The van der Waals surface area contributed by atoms with Crippen molar-refractivity contribution >= 4 is 17.7 Å². The second-order valence-electron chi connectivity index (χ2n) is 3.09. The molecule has 1 heterocycles. The Morgan fingerprint density at radius 1 is 1.58 bits per heavy atom. The van der Waals surface area contributed by atoms with Crippen LogP contribution in [-0.4, -0.2) is 29.5 Å². The lowest BCUT2D eigenvalue weighted by Crippen LogP contribution is -2.57. The van der Waals surface area contributed by atoms with Crippen LogP contribution in [0.1, 0.15) is 19.8 Å². The van der Waals surface area contributed by atoms with Gasteiger partial charge in [0.1, 0.15) is 0 Å². The van der Waals surface area contributed by atoms with Crippen LogP contribution in [0, 0.1) is 0 Å². The molecule has 0 aromatic carbocycles. The molecule has 0 spiro atoms. The topological polar surface area (TPSA) is 55.1 Å². The molecule has 1 rings (SSSR count). The summed E-state index contributed by atoms with van der Waals surface area (Å²) in [5, 5.41) is 3.21. The summed E-state index contributed by atoms with van der Waals surface area (Å²) in [6.07, 6.45) is 1.75. The third-order valence-electron chi connectivity index (χ3n) is 2.33. The van der Waals surface area contributed by atoms with Crippen LogP contribution in [-0.2, 0) is 4.79 Å². The molecule has 1 amide bonds. The van der Waals surface area contributed by atoms with E-state index in [1.54, 1.807) is 0 Å². The first-order valence-corrected chi connectivity index (χ1v) is 5.49. The molecule has 0 bridgehead atoms. The molecular formula is C8H16N2OS. The molecular weight excluding hydrogens is 172 g/mol. The Morgan fingerprint density at radius 2 is 2.17 bits per heavy atom. The fourth-order valence-electron chi connectivity index (χ4n) is 1.57. The first kappa shape index (κ1) is 9.86. The van der Waals surface area contributed by atoms with E-state index in [-0.39, 0.29) is 5.91 Å². The van der Waals surface area contributed by atoms with Crippen molar-refractivity contribution in [1.82, 2.24) is 5.32 Å². The van der Waals surface area contributed by atoms with Gasteiger partial charge in [0.15, 0.2) is 0 Å². The monoisotopic (exact) mass is 188 g/mol. The van der Waals surface area contributed by atoms with E-state index in [9.17, 15) is 4.79 Å². The highest BCUT2D eigenvalue weighted by Gasteiger charge is 2.36. The second-order valence-corrected chi connectivity index (χ2v) is 4.31. The van der Waals surface area contributed by atoms with Crippen LogP contribution in [0.25, 0.3) is 0 Å². The maximum Gasteiger partial charge on any atom is 0.237 e. The number of nitrogens with two attached hydrogens (primary N) is 1. The molecule has 1 aliphatic heterocycles. The first-order chi connectivity index (χ1) is 5.71. The van der Waals surface area contributed by atoms with Crippen LogP contribution in [0.3, 0.4) is 0 Å². The van der Waals surface area contributed by atoms with Crippen molar-refractivity contribution in [1.29, 1.82) is 0 Å². The Kier molecular flexibility index (Phi) is 3.40. The number of likely N-dealkylation sites (N-methyl/N-ethyl adjacent to an activating group) is 1. The van der Waals surface area contributed by atoms with Gasteiger partial charge in [-0.2, -0.15) is 11.8 Å². The Hall–Kier alpha value is -0.220. The van der Waals surface area contributed by atoms with Crippen molar-refractivity contribution in [3.8, 4) is 0 Å². The zero-order valence-electron chi connectivity index (χ0n) is 7.43. The van der Waals surface area contributed by atoms with Gasteiger partial charge in [-0.05, 0) is 30.9 Å². The summed E-state index contributed by atoms with van der Waals surface area (Å²) >= 11 is 1.89. The predicted octanol–water partition coefficient (Wildman–Crippen LogP) is 0.347. The zero-order valence-corrected chi connectivity index (χ0v) is 8.25. The summed E-state index contributed by atoms with van der Waals surface area (Å²) in [6, 6.07) is 0. The minimum absolute atomic E-state index is 0.190. The number of amides is 1. The van der Waals surface area contributed by atoms with Crippen LogP contribution in [0.15, 0.2) is 0 Å². The lowest BCUT2D eigenvalue weighted by atomic mass is 9.91. The minimum atomic E-state index is -0.403. The van der Waals surface area contributed by atoms with Crippen molar-refractivity contribution in [2.45, 2.75) is 25.3 Å². The normalized spacial score (nSPS) is 22.1. The van der Waals surface area contributed by atoms with Crippen molar-refractivity contribution in [2.24, 2.45) is 5.73 Å². The van der Waals surface area contributed by atoms with Crippen LogP contribution < -0.4 is 11.1 Å². The minimum Gasteiger partial charge on any atom is -0.368 e. The highest BCUT2D eigenvalue weighted by molar-refractivity contribution is 7.99. The summed E-state index contributed by atoms with van der Waals surface area (Å²) in [6.45, 7) is 2.82. The predicted molar refractivity (Wildman–Crippen MR) is 52.2 cm³/mol. The number of rotatable bonds is 3. The largest absolute Gasteiger partial charge is 0.368 e. The van der Waals surface area contributed by atoms with E-state index in [0.29, 0.717) is 0 Å². The van der Waals surface area contributed by atoms with Crippen LogP contribution in [0.4, 0.5) is 0 Å². The second kappa shape index (κ2) is 4.14. The average molecular weight is 188 g/mol. The summed E-state index contributed by atoms with van der Waals surface area (Å²) in [5.74, 6) is 1.89. The maximum atomic E-state index is 11.2. The lowest BCUT2D eigenvalue weighted by molar-refractivity contribution is -0.124. The average Bonchev–Trinajstić information content (AvgIpc) is 2.06. The van der Waals surface area contributed by atoms with Gasteiger partial charge >= 0.3 is 0 Å². The van der Waals surface area contributed by atoms with Crippen molar-refractivity contribution in [3.63, 3.8) is 0 Å². The molecule has 0 aromatic rings. The molecule has 4 heteroatoms. The number of thioether (sulfide) groups is 1. The van der Waals surface area contributed by atoms with E-state index >= 15 is 0 Å². The third kappa shape index (κ3) is 1.93. The third-order valence-corrected chi connectivity index (χ3v) is 3.32. The molecule has 0 aliphatic carbocycles. The number of carbonyl (C=O) groups excluding carboxylic acids is 1. The Balaban J connectivity index is 2.63. The van der Waals surface area contributed by atoms with Gasteiger partial charge in [0.25, 0.3) is 0 Å². The van der Waals surface area contributed by atoms with E-state index in [4.69, 9.17) is 5.73 Å². The molecule has 0 atom stereocenters. The maximum absolute atomic E-state index is 11.2. The van der Waals surface area contributed by atoms with Gasteiger partial charge in [0.05, 0.1) is 5.54 Å². The molecule has 1 fully saturated rings. The Morgan fingerprint density at radius 3 is 2.58 bits per heavy atom. The Labute approximate surface area is 77.5 Å². The summed E-state index contributed by atoms with van der Waals surface area (Å²) in [5.41, 5.74) is 4.97. The molecule has 0 saturated carbocycles. The van der Waals surface area contributed by atoms with E-state index in [2.05, 4.69) is 5.32 Å². The SMILES string of the molecule is CCNC1(C(N)=O)CCSCC1. The van der Waals surface area contributed by atoms with Crippen molar-refractivity contribution in [2.75, 3.05) is 18.1 Å². The molecule has 1 aliphatic rings. The van der Waals surface area contributed by atoms with Crippen LogP contribution in [0.2, 0.25) is 0 Å². The van der Waals surface area contributed by atoms with Gasteiger partial charge in [-0.3, -0.25) is 4.79 Å². The van der Waals surface area contributed by atoms with E-state index in [1.807, 2.05) is 18.7 Å². The Bertz CT molecular complexity index is 161. The van der Waals surface area contributed by atoms with Crippen molar-refractivity contribution < 1.29 is 4.79 Å². The molecule has 1 saturated heterocycles. The first-order valence-electron chi connectivity index (χ1n) is 4.34. The molecule has 3 nitrogen and oxygen atoms in total.